The van der Waals surface area contributed by atoms with Crippen LogP contribution < -0.4 is 5.32 Å². The molecule has 0 fully saturated rings. The van der Waals surface area contributed by atoms with Crippen LogP contribution in [0.3, 0.4) is 0 Å². The highest BCUT2D eigenvalue weighted by molar-refractivity contribution is 9.10. The first-order valence-corrected chi connectivity index (χ1v) is 14.4. The van der Waals surface area contributed by atoms with E-state index in [9.17, 15) is 22.0 Å². The molecule has 3 aromatic rings. The Kier molecular flexibility index (Phi) is 8.54. The standard InChI is InChI=1S/C28H29BrF2N2O4S/c1-27(2,3)37-26(34)33-23(15-17-13-18(30)16-19(31)14-17)25-24(29)21-10-8-7-9-20(21)22(32-25)11-12-28(4,5)38(6,35)36/h7-10,13-14,16,23H,15H2,1-6H3,(H,33,34)/t23-/m0/s1. The number of hydrogen-bond acceptors (Lipinski definition) is 5. The predicted molar refractivity (Wildman–Crippen MR) is 147 cm³/mol. The minimum atomic E-state index is -3.50. The molecule has 38 heavy (non-hydrogen) atoms. The summed E-state index contributed by atoms with van der Waals surface area (Å²) >= 11 is 3.59. The van der Waals surface area contributed by atoms with Crippen molar-refractivity contribution in [3.05, 3.63) is 75.5 Å². The molecule has 202 valence electrons. The van der Waals surface area contributed by atoms with E-state index in [4.69, 9.17) is 9.72 Å². The van der Waals surface area contributed by atoms with E-state index in [1.807, 2.05) is 12.1 Å². The molecule has 0 saturated carbocycles. The van der Waals surface area contributed by atoms with Crippen molar-refractivity contribution in [1.29, 1.82) is 0 Å². The highest BCUT2D eigenvalue weighted by atomic mass is 79.9. The number of alkyl carbamates (subject to hydrolysis) is 1. The molecular formula is C28H29BrF2N2O4S. The van der Waals surface area contributed by atoms with Gasteiger partial charge in [-0.25, -0.2) is 27.0 Å². The lowest BCUT2D eigenvalue weighted by molar-refractivity contribution is 0.0502. The number of carbonyl (C=O) groups is 1. The Balaban J connectivity index is 2.21. The molecule has 6 nitrogen and oxygen atoms in total. The largest absolute Gasteiger partial charge is 0.444 e. The van der Waals surface area contributed by atoms with Crippen molar-refractivity contribution in [3.8, 4) is 11.8 Å². The fourth-order valence-electron chi connectivity index (χ4n) is 3.51. The highest BCUT2D eigenvalue weighted by Crippen LogP contribution is 2.33. The summed E-state index contributed by atoms with van der Waals surface area (Å²) in [5.41, 5.74) is 0.121. The fraction of sp³-hybridized carbons (Fsp3) is 0.357. The van der Waals surface area contributed by atoms with Crippen molar-refractivity contribution in [2.45, 2.75) is 57.4 Å². The number of carbonyl (C=O) groups excluding carboxylic acids is 1. The Bertz CT molecular complexity index is 1530. The molecule has 0 radical (unpaired) electrons. The Hall–Kier alpha value is -3.03. The predicted octanol–water partition coefficient (Wildman–Crippen LogP) is 6.26. The van der Waals surface area contributed by atoms with Gasteiger partial charge in [0.2, 0.25) is 0 Å². The van der Waals surface area contributed by atoms with E-state index < -0.39 is 44.0 Å². The number of pyridine rings is 1. The van der Waals surface area contributed by atoms with Crippen LogP contribution in [0.1, 0.15) is 57.6 Å². The topological polar surface area (TPSA) is 85.4 Å². The van der Waals surface area contributed by atoms with Gasteiger partial charge in [-0.3, -0.25) is 0 Å². The van der Waals surface area contributed by atoms with Gasteiger partial charge in [0.1, 0.15) is 27.7 Å². The fourth-order valence-corrected chi connectivity index (χ4v) is 4.45. The molecule has 0 saturated heterocycles. The van der Waals surface area contributed by atoms with Crippen LogP contribution in [0.4, 0.5) is 13.6 Å². The van der Waals surface area contributed by atoms with Crippen LogP contribution in [0, 0.1) is 23.5 Å². The van der Waals surface area contributed by atoms with Gasteiger partial charge in [0.05, 0.1) is 11.7 Å². The lowest BCUT2D eigenvalue weighted by atomic mass is 9.99. The Morgan fingerprint density at radius 2 is 1.66 bits per heavy atom. The van der Waals surface area contributed by atoms with Crippen LogP contribution in [-0.4, -0.2) is 36.1 Å². The number of hydrogen-bond donors (Lipinski definition) is 1. The summed E-state index contributed by atoms with van der Waals surface area (Å²) in [6, 6.07) is 9.47. The van der Waals surface area contributed by atoms with Crippen LogP contribution in [0.25, 0.3) is 10.8 Å². The second-order valence-corrected chi connectivity index (χ2v) is 13.8. The van der Waals surface area contributed by atoms with Gasteiger partial charge in [-0.05, 0) is 80.6 Å². The monoisotopic (exact) mass is 606 g/mol. The van der Waals surface area contributed by atoms with Gasteiger partial charge in [0.25, 0.3) is 0 Å². The number of nitrogens with zero attached hydrogens (tertiary/aromatic N) is 1. The molecule has 10 heteroatoms. The molecule has 2 aromatic carbocycles. The maximum atomic E-state index is 14.0. The normalized spacial score (nSPS) is 13.0. The lowest BCUT2D eigenvalue weighted by Crippen LogP contribution is -2.36. The second kappa shape index (κ2) is 11.0. The number of ether oxygens (including phenoxy) is 1. The van der Waals surface area contributed by atoms with E-state index in [0.717, 1.165) is 12.3 Å². The third-order valence-electron chi connectivity index (χ3n) is 5.67. The molecule has 1 heterocycles. The number of amides is 1. The number of rotatable bonds is 5. The van der Waals surface area contributed by atoms with Crippen molar-refractivity contribution in [1.82, 2.24) is 10.3 Å². The summed E-state index contributed by atoms with van der Waals surface area (Å²) in [5, 5.41) is 4.13. The quantitative estimate of drug-likeness (QED) is 0.347. The van der Waals surface area contributed by atoms with E-state index >= 15 is 0 Å². The van der Waals surface area contributed by atoms with E-state index in [2.05, 4.69) is 33.1 Å². The van der Waals surface area contributed by atoms with Crippen LogP contribution in [0.2, 0.25) is 0 Å². The number of benzene rings is 2. The molecule has 1 N–H and O–H groups in total. The SMILES string of the molecule is CC(C)(C)OC(=O)N[C@@H](Cc1cc(F)cc(F)c1)c1nc(C#CC(C)(C)S(C)(=O)=O)c2ccccc2c1Br. The summed E-state index contributed by atoms with van der Waals surface area (Å²) < 4.78 is 57.0. The van der Waals surface area contributed by atoms with Gasteiger partial charge in [-0.1, -0.05) is 30.2 Å². The van der Waals surface area contributed by atoms with Crippen LogP contribution in [-0.2, 0) is 21.0 Å². The average molecular weight is 608 g/mol. The van der Waals surface area contributed by atoms with Crippen molar-refractivity contribution in [2.75, 3.05) is 6.26 Å². The van der Waals surface area contributed by atoms with Gasteiger partial charge >= 0.3 is 6.09 Å². The summed E-state index contributed by atoms with van der Waals surface area (Å²) in [7, 11) is -3.50. The van der Waals surface area contributed by atoms with Gasteiger partial charge in [0, 0.05) is 27.6 Å². The molecule has 0 unspecified atom stereocenters. The smallest absolute Gasteiger partial charge is 0.408 e. The third kappa shape index (κ3) is 7.29. The van der Waals surface area contributed by atoms with Gasteiger partial charge < -0.3 is 10.1 Å². The molecule has 0 spiro atoms. The minimum Gasteiger partial charge on any atom is -0.444 e. The van der Waals surface area contributed by atoms with Crippen LogP contribution >= 0.6 is 15.9 Å². The van der Waals surface area contributed by atoms with Crippen LogP contribution in [0.5, 0.6) is 0 Å². The third-order valence-corrected chi connectivity index (χ3v) is 8.46. The van der Waals surface area contributed by atoms with Crippen molar-refractivity contribution in [3.63, 3.8) is 0 Å². The molecule has 1 aromatic heterocycles. The lowest BCUT2D eigenvalue weighted by Gasteiger charge is -2.25. The van der Waals surface area contributed by atoms with Gasteiger partial charge in [-0.15, -0.1) is 0 Å². The zero-order chi connectivity index (χ0) is 28.5. The van der Waals surface area contributed by atoms with E-state index in [1.165, 1.54) is 26.0 Å². The summed E-state index contributed by atoms with van der Waals surface area (Å²) in [6.07, 6.45) is 0.352. The first-order chi connectivity index (χ1) is 17.5. The molecule has 3 rings (SSSR count). The molecule has 0 aliphatic carbocycles. The van der Waals surface area contributed by atoms with E-state index in [0.29, 0.717) is 20.9 Å². The summed E-state index contributed by atoms with van der Waals surface area (Å²) in [4.78, 5) is 17.5. The van der Waals surface area contributed by atoms with Gasteiger partial charge in [-0.2, -0.15) is 0 Å². The minimum absolute atomic E-state index is 0.0143. The number of aromatic nitrogens is 1. The first kappa shape index (κ1) is 29.5. The number of halogens is 3. The highest BCUT2D eigenvalue weighted by Gasteiger charge is 2.28. The Morgan fingerprint density at radius 1 is 1.08 bits per heavy atom. The first-order valence-electron chi connectivity index (χ1n) is 11.7. The van der Waals surface area contributed by atoms with Crippen molar-refractivity contribution in [2.24, 2.45) is 0 Å². The molecule has 1 amide bonds. The molecule has 0 bridgehead atoms. The van der Waals surface area contributed by atoms with Crippen molar-refractivity contribution >= 4 is 42.6 Å². The second-order valence-electron chi connectivity index (χ2n) is 10.4. The zero-order valence-corrected chi connectivity index (χ0v) is 24.4. The van der Waals surface area contributed by atoms with Crippen LogP contribution in [0.15, 0.2) is 46.9 Å². The molecule has 0 aliphatic heterocycles. The zero-order valence-electron chi connectivity index (χ0n) is 21.9. The number of sulfone groups is 1. The van der Waals surface area contributed by atoms with Gasteiger partial charge in [0.15, 0.2) is 9.84 Å². The molecule has 0 aliphatic rings. The molecular weight excluding hydrogens is 578 g/mol. The maximum Gasteiger partial charge on any atom is 0.408 e. The Morgan fingerprint density at radius 3 is 2.21 bits per heavy atom. The maximum absolute atomic E-state index is 14.0. The van der Waals surface area contributed by atoms with E-state index in [1.54, 1.807) is 32.9 Å². The average Bonchev–Trinajstić information content (AvgIpc) is 2.75. The molecule has 1 atom stereocenters. The summed E-state index contributed by atoms with van der Waals surface area (Å²) in [5.74, 6) is 4.20. The van der Waals surface area contributed by atoms with E-state index in [-0.39, 0.29) is 17.7 Å². The summed E-state index contributed by atoms with van der Waals surface area (Å²) in [6.45, 7) is 8.15. The van der Waals surface area contributed by atoms with Crippen molar-refractivity contribution < 1.29 is 26.7 Å². The Labute approximate surface area is 230 Å². The number of nitrogens with one attached hydrogen (secondary N) is 1. The number of fused-ring (bicyclic) bond motifs is 1.